The summed E-state index contributed by atoms with van der Waals surface area (Å²) in [6.45, 7) is 3.79. The van der Waals surface area contributed by atoms with Crippen LogP contribution in [0.1, 0.15) is 29.2 Å². The lowest BCUT2D eigenvalue weighted by atomic mass is 10.2. The largest absolute Gasteiger partial charge is 0.349 e. The highest BCUT2D eigenvalue weighted by Gasteiger charge is 2.07. The summed E-state index contributed by atoms with van der Waals surface area (Å²) in [5.41, 5.74) is 3.05. The molecule has 0 radical (unpaired) electrons. The van der Waals surface area contributed by atoms with E-state index in [4.69, 9.17) is 5.26 Å². The van der Waals surface area contributed by atoms with E-state index in [1.807, 2.05) is 30.8 Å². The molecule has 0 unspecified atom stereocenters. The van der Waals surface area contributed by atoms with E-state index in [0.29, 0.717) is 5.69 Å². The predicted molar refractivity (Wildman–Crippen MR) is 73.5 cm³/mol. The van der Waals surface area contributed by atoms with Gasteiger partial charge in [-0.15, -0.1) is 0 Å². The molecule has 0 atom stereocenters. The van der Waals surface area contributed by atoms with Crippen molar-refractivity contribution in [2.75, 3.05) is 6.54 Å². The van der Waals surface area contributed by atoms with Crippen LogP contribution in [0, 0.1) is 18.3 Å². The monoisotopic (exact) mass is 257 g/mol. The van der Waals surface area contributed by atoms with E-state index in [0.717, 1.165) is 37.4 Å². The number of hydrogen-bond donors (Lipinski definition) is 2. The summed E-state index contributed by atoms with van der Waals surface area (Å²) in [5.74, 6) is 1.03. The number of H-pyrrole nitrogens is 1. The number of hydrogen-bond acceptors (Lipinski definition) is 3. The van der Waals surface area contributed by atoms with Gasteiger partial charge in [0.15, 0.2) is 0 Å². The van der Waals surface area contributed by atoms with Gasteiger partial charge in [0.05, 0.1) is 0 Å². The number of aromatic amines is 1. The summed E-state index contributed by atoms with van der Waals surface area (Å²) in [6, 6.07) is 4.15. The van der Waals surface area contributed by atoms with E-state index in [1.165, 1.54) is 5.56 Å². The summed E-state index contributed by atoms with van der Waals surface area (Å²) in [7, 11) is 1.92. The zero-order chi connectivity index (χ0) is 13.7. The molecule has 19 heavy (non-hydrogen) atoms. The molecule has 0 fully saturated rings. The molecule has 2 rings (SSSR count). The lowest BCUT2D eigenvalue weighted by Crippen LogP contribution is -2.16. The van der Waals surface area contributed by atoms with Crippen molar-refractivity contribution in [1.82, 2.24) is 19.9 Å². The van der Waals surface area contributed by atoms with Crippen LogP contribution in [0.4, 0.5) is 0 Å². The average Bonchev–Trinajstić information content (AvgIpc) is 3.01. The molecular formula is C14H19N5. The smallest absolute Gasteiger partial charge is 0.120 e. The van der Waals surface area contributed by atoms with Crippen LogP contribution in [0.25, 0.3) is 0 Å². The fourth-order valence-corrected chi connectivity index (χ4v) is 2.09. The van der Waals surface area contributed by atoms with Crippen LogP contribution in [0.5, 0.6) is 0 Å². The zero-order valence-electron chi connectivity index (χ0n) is 11.4. The number of rotatable bonds is 6. The Bertz CT molecular complexity index is 559. The van der Waals surface area contributed by atoms with Crippen molar-refractivity contribution in [3.63, 3.8) is 0 Å². The maximum Gasteiger partial charge on any atom is 0.120 e. The van der Waals surface area contributed by atoms with Gasteiger partial charge in [0.2, 0.25) is 0 Å². The van der Waals surface area contributed by atoms with Crippen LogP contribution < -0.4 is 5.32 Å². The quantitative estimate of drug-likeness (QED) is 0.773. The number of nitriles is 1. The van der Waals surface area contributed by atoms with Crippen LogP contribution in [0.3, 0.4) is 0 Å². The molecule has 2 aromatic rings. The molecule has 5 heteroatoms. The van der Waals surface area contributed by atoms with Gasteiger partial charge in [-0.3, -0.25) is 0 Å². The lowest BCUT2D eigenvalue weighted by Gasteiger charge is -2.04. The van der Waals surface area contributed by atoms with Crippen molar-refractivity contribution in [2.24, 2.45) is 7.05 Å². The minimum atomic E-state index is 0.713. The molecule has 0 aliphatic heterocycles. The van der Waals surface area contributed by atoms with Crippen LogP contribution in [0.2, 0.25) is 0 Å². The van der Waals surface area contributed by atoms with Crippen molar-refractivity contribution in [3.8, 4) is 6.07 Å². The second-order valence-corrected chi connectivity index (χ2v) is 4.63. The highest BCUT2D eigenvalue weighted by atomic mass is 15.0. The van der Waals surface area contributed by atoms with Crippen molar-refractivity contribution in [2.45, 2.75) is 26.3 Å². The van der Waals surface area contributed by atoms with E-state index in [1.54, 1.807) is 6.20 Å². The molecule has 0 aliphatic rings. The second-order valence-electron chi connectivity index (χ2n) is 4.63. The van der Waals surface area contributed by atoms with Crippen LogP contribution in [0.15, 0.2) is 18.5 Å². The molecule has 0 bridgehead atoms. The Morgan fingerprint density at radius 3 is 3.00 bits per heavy atom. The number of aryl methyl sites for hydroxylation is 1. The summed E-state index contributed by atoms with van der Waals surface area (Å²) < 4.78 is 1.93. The first-order valence-corrected chi connectivity index (χ1v) is 6.46. The Morgan fingerprint density at radius 2 is 2.37 bits per heavy atom. The van der Waals surface area contributed by atoms with Gasteiger partial charge in [-0.2, -0.15) is 5.26 Å². The van der Waals surface area contributed by atoms with E-state index < -0.39 is 0 Å². The maximum absolute atomic E-state index is 8.97. The molecule has 0 saturated carbocycles. The molecule has 2 heterocycles. The molecule has 0 saturated heterocycles. The van der Waals surface area contributed by atoms with E-state index in [9.17, 15) is 0 Å². The summed E-state index contributed by atoms with van der Waals surface area (Å²) in [4.78, 5) is 7.28. The predicted octanol–water partition coefficient (Wildman–Crippen LogP) is 1.65. The standard InChI is InChI=1S/C14H19N5/c1-11-12(8-13(9-15)19(11)2)10-16-5-3-4-14-17-6-7-18-14/h6-8,16H,3-5,10H2,1-2H3,(H,17,18). The van der Waals surface area contributed by atoms with Gasteiger partial charge >= 0.3 is 0 Å². The van der Waals surface area contributed by atoms with Gasteiger partial charge < -0.3 is 14.9 Å². The second kappa shape index (κ2) is 6.21. The molecule has 0 amide bonds. The summed E-state index contributed by atoms with van der Waals surface area (Å²) in [6.07, 6.45) is 5.63. The average molecular weight is 257 g/mol. The van der Waals surface area contributed by atoms with E-state index in [-0.39, 0.29) is 0 Å². The normalized spacial score (nSPS) is 10.6. The molecule has 0 spiro atoms. The van der Waals surface area contributed by atoms with E-state index >= 15 is 0 Å². The van der Waals surface area contributed by atoms with Crippen molar-refractivity contribution in [1.29, 1.82) is 5.26 Å². The SMILES string of the molecule is Cc1c(CNCCCc2ncc[nH]2)cc(C#N)n1C. The molecule has 100 valence electrons. The Balaban J connectivity index is 1.75. The number of nitrogens with one attached hydrogen (secondary N) is 2. The Morgan fingerprint density at radius 1 is 1.53 bits per heavy atom. The van der Waals surface area contributed by atoms with Gasteiger partial charge in [-0.05, 0) is 31.5 Å². The molecule has 2 N–H and O–H groups in total. The highest BCUT2D eigenvalue weighted by molar-refractivity contribution is 5.33. The third kappa shape index (κ3) is 3.24. The van der Waals surface area contributed by atoms with Crippen molar-refractivity contribution in [3.05, 3.63) is 41.2 Å². The first-order chi connectivity index (χ1) is 9.22. The Kier molecular flexibility index (Phi) is 4.37. The maximum atomic E-state index is 8.97. The van der Waals surface area contributed by atoms with Crippen LogP contribution >= 0.6 is 0 Å². The van der Waals surface area contributed by atoms with Gasteiger partial charge in [-0.1, -0.05) is 0 Å². The Labute approximate surface area is 113 Å². The fourth-order valence-electron chi connectivity index (χ4n) is 2.09. The van der Waals surface area contributed by atoms with Crippen molar-refractivity contribution < 1.29 is 0 Å². The Hall–Kier alpha value is -2.06. The molecular weight excluding hydrogens is 238 g/mol. The molecule has 5 nitrogen and oxygen atoms in total. The molecule has 0 aromatic carbocycles. The van der Waals surface area contributed by atoms with Crippen LogP contribution in [-0.2, 0) is 20.0 Å². The summed E-state index contributed by atoms with van der Waals surface area (Å²) in [5, 5.41) is 12.4. The number of aromatic nitrogens is 3. The third-order valence-corrected chi connectivity index (χ3v) is 3.39. The van der Waals surface area contributed by atoms with Crippen molar-refractivity contribution >= 4 is 0 Å². The number of imidazole rings is 1. The minimum Gasteiger partial charge on any atom is -0.349 e. The molecule has 0 aliphatic carbocycles. The highest BCUT2D eigenvalue weighted by Crippen LogP contribution is 2.12. The van der Waals surface area contributed by atoms with E-state index in [2.05, 4.69) is 21.4 Å². The van der Waals surface area contributed by atoms with Gasteiger partial charge in [-0.25, -0.2) is 4.98 Å². The first-order valence-electron chi connectivity index (χ1n) is 6.46. The van der Waals surface area contributed by atoms with Gasteiger partial charge in [0.1, 0.15) is 17.6 Å². The first kappa shape index (κ1) is 13.4. The molecule has 2 aromatic heterocycles. The third-order valence-electron chi connectivity index (χ3n) is 3.39. The zero-order valence-corrected chi connectivity index (χ0v) is 11.4. The van der Waals surface area contributed by atoms with Crippen LogP contribution in [-0.4, -0.2) is 21.1 Å². The number of nitrogens with zero attached hydrogens (tertiary/aromatic N) is 3. The lowest BCUT2D eigenvalue weighted by molar-refractivity contribution is 0.638. The van der Waals surface area contributed by atoms with Gasteiger partial charge in [0.25, 0.3) is 0 Å². The minimum absolute atomic E-state index is 0.713. The van der Waals surface area contributed by atoms with Gasteiger partial charge in [0, 0.05) is 38.1 Å². The summed E-state index contributed by atoms with van der Waals surface area (Å²) >= 11 is 0. The topological polar surface area (TPSA) is 69.4 Å². The fraction of sp³-hybridized carbons (Fsp3) is 0.429.